The molecule has 4 rings (SSSR count). The van der Waals surface area contributed by atoms with E-state index in [1.54, 1.807) is 12.1 Å². The van der Waals surface area contributed by atoms with Crippen LogP contribution in [0.25, 0.3) is 21.7 Å². The Hall–Kier alpha value is -4.51. The van der Waals surface area contributed by atoms with Crippen molar-refractivity contribution in [1.29, 1.82) is 0 Å². The van der Waals surface area contributed by atoms with Crippen molar-refractivity contribution in [2.24, 2.45) is 0 Å². The standard InChI is InChI=1S/C22H13FN4O5S/c23-16-8-6-13(7-9-16)19-20(14-4-2-1-3-5-14)33-22(24-19)25-21(28)15-10-17(26(29)30)12-18(11-15)27(31)32/h1-12H,(H,24,25,28). The van der Waals surface area contributed by atoms with Crippen LogP contribution < -0.4 is 5.32 Å². The lowest BCUT2D eigenvalue weighted by Crippen LogP contribution is -2.12. The van der Waals surface area contributed by atoms with Crippen molar-refractivity contribution in [3.63, 3.8) is 0 Å². The lowest BCUT2D eigenvalue weighted by atomic mass is 10.1. The van der Waals surface area contributed by atoms with E-state index in [1.165, 1.54) is 12.1 Å². The van der Waals surface area contributed by atoms with Gasteiger partial charge in [0, 0.05) is 17.7 Å². The van der Waals surface area contributed by atoms with Gasteiger partial charge in [0.15, 0.2) is 5.13 Å². The van der Waals surface area contributed by atoms with Crippen molar-refractivity contribution in [3.8, 4) is 21.7 Å². The van der Waals surface area contributed by atoms with Crippen LogP contribution in [0.5, 0.6) is 0 Å². The molecular weight excluding hydrogens is 451 g/mol. The predicted octanol–water partition coefficient (Wildman–Crippen LogP) is 5.68. The van der Waals surface area contributed by atoms with E-state index in [1.807, 2.05) is 30.3 Å². The number of carbonyl (C=O) groups excluding carboxylic acids is 1. The van der Waals surface area contributed by atoms with Gasteiger partial charge in [0.05, 0.1) is 32.0 Å². The molecule has 0 aliphatic rings. The molecule has 1 heterocycles. The first kappa shape index (κ1) is 21.7. The first-order chi connectivity index (χ1) is 15.8. The molecule has 0 bridgehead atoms. The van der Waals surface area contributed by atoms with E-state index in [-0.39, 0.29) is 10.7 Å². The molecule has 1 aromatic heterocycles. The van der Waals surface area contributed by atoms with E-state index in [4.69, 9.17) is 0 Å². The summed E-state index contributed by atoms with van der Waals surface area (Å²) in [5.41, 5.74) is 0.539. The first-order valence-corrected chi connectivity index (χ1v) is 10.2. The van der Waals surface area contributed by atoms with Crippen LogP contribution in [0, 0.1) is 26.0 Å². The minimum atomic E-state index is -0.812. The Morgan fingerprint density at radius 1 is 0.879 bits per heavy atom. The summed E-state index contributed by atoms with van der Waals surface area (Å²) in [6.45, 7) is 0. The number of hydrogen-bond acceptors (Lipinski definition) is 7. The Kier molecular flexibility index (Phi) is 5.87. The molecule has 0 atom stereocenters. The van der Waals surface area contributed by atoms with Crippen LogP contribution in [0.2, 0.25) is 0 Å². The number of halogens is 1. The van der Waals surface area contributed by atoms with Gasteiger partial charge in [-0.15, -0.1) is 0 Å². The quantitative estimate of drug-likeness (QED) is 0.289. The van der Waals surface area contributed by atoms with Gasteiger partial charge < -0.3 is 0 Å². The van der Waals surface area contributed by atoms with Gasteiger partial charge >= 0.3 is 0 Å². The fourth-order valence-corrected chi connectivity index (χ4v) is 4.06. The van der Waals surface area contributed by atoms with Crippen molar-refractivity contribution in [2.75, 3.05) is 5.32 Å². The largest absolute Gasteiger partial charge is 0.298 e. The number of nitrogens with zero attached hydrogens (tertiary/aromatic N) is 3. The monoisotopic (exact) mass is 464 g/mol. The van der Waals surface area contributed by atoms with Crippen LogP contribution in [-0.2, 0) is 0 Å². The Morgan fingerprint density at radius 3 is 2.06 bits per heavy atom. The minimum absolute atomic E-state index is 0.173. The summed E-state index contributed by atoms with van der Waals surface area (Å²) >= 11 is 1.15. The first-order valence-electron chi connectivity index (χ1n) is 9.39. The molecule has 0 saturated carbocycles. The second-order valence-corrected chi connectivity index (χ2v) is 7.78. The van der Waals surface area contributed by atoms with Gasteiger partial charge in [-0.05, 0) is 29.8 Å². The zero-order valence-corrected chi connectivity index (χ0v) is 17.4. The summed E-state index contributed by atoms with van der Waals surface area (Å²) < 4.78 is 13.4. The molecule has 0 spiro atoms. The maximum absolute atomic E-state index is 13.4. The number of non-ortho nitro benzene ring substituents is 2. The Balaban J connectivity index is 1.73. The highest BCUT2D eigenvalue weighted by Gasteiger charge is 2.22. The highest BCUT2D eigenvalue weighted by atomic mass is 32.1. The van der Waals surface area contributed by atoms with Gasteiger partial charge in [-0.2, -0.15) is 0 Å². The van der Waals surface area contributed by atoms with Crippen LogP contribution >= 0.6 is 11.3 Å². The molecule has 0 aliphatic heterocycles. The van der Waals surface area contributed by atoms with E-state index in [9.17, 15) is 29.4 Å². The fraction of sp³-hybridized carbons (Fsp3) is 0. The molecule has 1 N–H and O–H groups in total. The molecule has 0 unspecified atom stereocenters. The third kappa shape index (κ3) is 4.72. The van der Waals surface area contributed by atoms with Gasteiger partial charge in [0.25, 0.3) is 17.3 Å². The molecule has 33 heavy (non-hydrogen) atoms. The lowest BCUT2D eigenvalue weighted by Gasteiger charge is -2.02. The molecule has 4 aromatic rings. The second kappa shape index (κ2) is 8.93. The smallest absolute Gasteiger partial charge is 0.277 e. The number of anilines is 1. The highest BCUT2D eigenvalue weighted by molar-refractivity contribution is 7.19. The topological polar surface area (TPSA) is 128 Å². The average molecular weight is 464 g/mol. The zero-order chi connectivity index (χ0) is 23.5. The summed E-state index contributed by atoms with van der Waals surface area (Å²) in [5, 5.41) is 24.9. The number of aromatic nitrogens is 1. The Bertz CT molecular complexity index is 1340. The average Bonchev–Trinajstić information content (AvgIpc) is 3.23. The molecule has 164 valence electrons. The van der Waals surface area contributed by atoms with E-state index < -0.39 is 32.9 Å². The van der Waals surface area contributed by atoms with E-state index >= 15 is 0 Å². The minimum Gasteiger partial charge on any atom is -0.298 e. The predicted molar refractivity (Wildman–Crippen MR) is 121 cm³/mol. The fourth-order valence-electron chi connectivity index (χ4n) is 3.07. The number of nitro groups is 2. The lowest BCUT2D eigenvalue weighted by molar-refractivity contribution is -0.394. The van der Waals surface area contributed by atoms with Crippen LogP contribution in [0.4, 0.5) is 20.9 Å². The number of thiazole rings is 1. The molecule has 9 nitrogen and oxygen atoms in total. The SMILES string of the molecule is O=C(Nc1nc(-c2ccc(F)cc2)c(-c2ccccc2)s1)c1cc([N+](=O)[O-])cc([N+](=O)[O-])c1. The molecule has 1 amide bonds. The van der Waals surface area contributed by atoms with Gasteiger partial charge in [-0.3, -0.25) is 30.3 Å². The third-order valence-corrected chi connectivity index (χ3v) is 5.61. The third-order valence-electron chi connectivity index (χ3n) is 4.59. The summed E-state index contributed by atoms with van der Waals surface area (Å²) in [6.07, 6.45) is 0. The summed E-state index contributed by atoms with van der Waals surface area (Å²) in [5.74, 6) is -1.20. The van der Waals surface area contributed by atoms with Crippen molar-refractivity contribution < 1.29 is 19.0 Å². The molecule has 0 fully saturated rings. The molecule has 0 saturated heterocycles. The van der Waals surface area contributed by atoms with Crippen LogP contribution in [0.15, 0.2) is 72.8 Å². The summed E-state index contributed by atoms with van der Waals surface area (Å²) in [6, 6.07) is 17.6. The molecular formula is C22H13FN4O5S. The number of hydrogen-bond donors (Lipinski definition) is 1. The van der Waals surface area contributed by atoms with Gasteiger partial charge in [0.1, 0.15) is 5.82 Å². The maximum Gasteiger partial charge on any atom is 0.277 e. The van der Waals surface area contributed by atoms with Crippen molar-refractivity contribution in [3.05, 3.63) is 104 Å². The maximum atomic E-state index is 13.4. The normalized spacial score (nSPS) is 10.6. The summed E-state index contributed by atoms with van der Waals surface area (Å²) in [4.78, 5) is 38.5. The number of amides is 1. The molecule has 0 radical (unpaired) electrons. The van der Waals surface area contributed by atoms with Crippen LogP contribution in [0.3, 0.4) is 0 Å². The molecule has 11 heteroatoms. The summed E-state index contributed by atoms with van der Waals surface area (Å²) in [7, 11) is 0. The number of rotatable bonds is 6. The second-order valence-electron chi connectivity index (χ2n) is 6.78. The van der Waals surface area contributed by atoms with E-state index in [2.05, 4.69) is 10.3 Å². The van der Waals surface area contributed by atoms with Gasteiger partial charge in [0.2, 0.25) is 0 Å². The number of nitrogens with one attached hydrogen (secondary N) is 1. The van der Waals surface area contributed by atoms with Crippen molar-refractivity contribution in [2.45, 2.75) is 0 Å². The highest BCUT2D eigenvalue weighted by Crippen LogP contribution is 2.39. The Morgan fingerprint density at radius 2 is 1.48 bits per heavy atom. The Labute approximate surface area is 189 Å². The van der Waals surface area contributed by atoms with E-state index in [0.717, 1.165) is 35.1 Å². The van der Waals surface area contributed by atoms with Crippen LogP contribution in [0.1, 0.15) is 10.4 Å². The van der Waals surface area contributed by atoms with Crippen LogP contribution in [-0.4, -0.2) is 20.7 Å². The number of benzene rings is 3. The van der Waals surface area contributed by atoms with Gasteiger partial charge in [-0.1, -0.05) is 41.7 Å². The molecule has 0 aliphatic carbocycles. The van der Waals surface area contributed by atoms with Gasteiger partial charge in [-0.25, -0.2) is 9.37 Å². The van der Waals surface area contributed by atoms with Crippen molar-refractivity contribution in [1.82, 2.24) is 4.98 Å². The molecule has 3 aromatic carbocycles. The zero-order valence-electron chi connectivity index (χ0n) is 16.6. The number of carbonyl (C=O) groups is 1. The number of nitro benzene ring substituents is 2. The van der Waals surface area contributed by atoms with Crippen molar-refractivity contribution >= 4 is 33.8 Å². The van der Waals surface area contributed by atoms with E-state index in [0.29, 0.717) is 16.1 Å².